The van der Waals surface area contributed by atoms with Crippen molar-refractivity contribution >= 4 is 11.7 Å². The Balaban J connectivity index is 1.88. The van der Waals surface area contributed by atoms with Crippen LogP contribution in [0, 0.1) is 19.8 Å². The summed E-state index contributed by atoms with van der Waals surface area (Å²) in [6, 6.07) is 1.88. The topological polar surface area (TPSA) is 68.5 Å². The first-order valence-electron chi connectivity index (χ1n) is 9.18. The van der Waals surface area contributed by atoms with Gasteiger partial charge in [-0.1, -0.05) is 19.8 Å². The van der Waals surface area contributed by atoms with Gasteiger partial charge in [-0.3, -0.25) is 4.79 Å². The fourth-order valence-corrected chi connectivity index (χ4v) is 3.48. The Morgan fingerprint density at radius 2 is 2.12 bits per heavy atom. The monoisotopic (exact) mass is 331 g/mol. The molecule has 1 aromatic rings. The van der Waals surface area contributed by atoms with Gasteiger partial charge in [-0.2, -0.15) is 0 Å². The number of amides is 1. The van der Waals surface area contributed by atoms with E-state index >= 15 is 0 Å². The molecule has 1 saturated carbocycles. The van der Waals surface area contributed by atoms with Crippen LogP contribution in [0.25, 0.3) is 0 Å². The molecule has 5 heteroatoms. The number of ether oxygens (including phenoxy) is 1. The van der Waals surface area contributed by atoms with E-state index in [1.807, 2.05) is 19.9 Å². The Labute approximate surface area is 144 Å². The van der Waals surface area contributed by atoms with Crippen molar-refractivity contribution in [2.24, 2.45) is 11.7 Å². The van der Waals surface area contributed by atoms with E-state index in [9.17, 15) is 4.79 Å². The van der Waals surface area contributed by atoms with E-state index in [-0.39, 0.29) is 12.2 Å². The van der Waals surface area contributed by atoms with Crippen LogP contribution in [0.5, 0.6) is 0 Å². The maximum Gasteiger partial charge on any atom is 0.252 e. The molecule has 3 rings (SSSR count). The Morgan fingerprint density at radius 1 is 1.38 bits per heavy atom. The van der Waals surface area contributed by atoms with Crippen molar-refractivity contribution in [2.75, 3.05) is 18.0 Å². The maximum absolute atomic E-state index is 11.9. The molecule has 1 aliphatic carbocycles. The van der Waals surface area contributed by atoms with Gasteiger partial charge >= 0.3 is 0 Å². The number of nitrogens with zero attached hydrogens (tertiary/aromatic N) is 2. The molecule has 1 aliphatic heterocycles. The molecule has 5 nitrogen and oxygen atoms in total. The maximum atomic E-state index is 11.9. The van der Waals surface area contributed by atoms with Gasteiger partial charge in [0.2, 0.25) is 0 Å². The van der Waals surface area contributed by atoms with E-state index in [2.05, 4.69) is 11.8 Å². The van der Waals surface area contributed by atoms with E-state index in [0.29, 0.717) is 11.5 Å². The quantitative estimate of drug-likeness (QED) is 0.870. The highest BCUT2D eigenvalue weighted by atomic mass is 16.5. The van der Waals surface area contributed by atoms with Crippen LogP contribution in [0.4, 0.5) is 5.82 Å². The molecule has 1 aromatic heterocycles. The minimum Gasteiger partial charge on any atom is -0.371 e. The number of hydrogen-bond donors (Lipinski definition) is 1. The van der Waals surface area contributed by atoms with Crippen LogP contribution in [0.3, 0.4) is 0 Å². The molecule has 0 aromatic carbocycles. The number of nitrogens with two attached hydrogens (primary N) is 1. The SMILES string of the molecule is CCCC[C@@H]1CN(c2nc(C)c(C)cc2C(N)=O)C[C@H](C2CC2)O1. The van der Waals surface area contributed by atoms with Gasteiger partial charge in [-0.05, 0) is 50.7 Å². The van der Waals surface area contributed by atoms with Crippen molar-refractivity contribution < 1.29 is 9.53 Å². The van der Waals surface area contributed by atoms with Crippen LogP contribution in [-0.2, 0) is 4.74 Å². The number of carbonyl (C=O) groups is 1. The van der Waals surface area contributed by atoms with Crippen molar-refractivity contribution in [1.82, 2.24) is 4.98 Å². The minimum atomic E-state index is -0.403. The number of hydrogen-bond acceptors (Lipinski definition) is 4. The summed E-state index contributed by atoms with van der Waals surface area (Å²) in [5, 5.41) is 0. The summed E-state index contributed by atoms with van der Waals surface area (Å²) in [5.41, 5.74) is 8.11. The van der Waals surface area contributed by atoms with Gasteiger partial charge in [0, 0.05) is 18.8 Å². The minimum absolute atomic E-state index is 0.216. The molecule has 132 valence electrons. The zero-order valence-electron chi connectivity index (χ0n) is 15.0. The number of primary amides is 1. The molecule has 0 radical (unpaired) electrons. The van der Waals surface area contributed by atoms with Crippen LogP contribution < -0.4 is 10.6 Å². The first-order valence-corrected chi connectivity index (χ1v) is 9.18. The van der Waals surface area contributed by atoms with E-state index in [1.165, 1.54) is 25.7 Å². The Morgan fingerprint density at radius 3 is 2.75 bits per heavy atom. The van der Waals surface area contributed by atoms with Crippen LogP contribution in [-0.4, -0.2) is 36.2 Å². The highest BCUT2D eigenvalue weighted by Gasteiger charge is 2.39. The van der Waals surface area contributed by atoms with E-state index < -0.39 is 5.91 Å². The number of rotatable bonds is 6. The largest absolute Gasteiger partial charge is 0.371 e. The molecular formula is C19H29N3O2. The molecule has 2 aliphatic rings. The second kappa shape index (κ2) is 7.09. The summed E-state index contributed by atoms with van der Waals surface area (Å²) in [6.07, 6.45) is 6.37. The smallest absolute Gasteiger partial charge is 0.252 e. The van der Waals surface area contributed by atoms with Crippen molar-refractivity contribution in [3.63, 3.8) is 0 Å². The third-order valence-corrected chi connectivity index (χ3v) is 5.23. The van der Waals surface area contributed by atoms with Crippen molar-refractivity contribution in [2.45, 2.75) is 65.1 Å². The molecule has 0 unspecified atom stereocenters. The second-order valence-corrected chi connectivity index (χ2v) is 7.31. The lowest BCUT2D eigenvalue weighted by atomic mass is 10.0. The fourth-order valence-electron chi connectivity index (χ4n) is 3.48. The average Bonchev–Trinajstić information content (AvgIpc) is 3.39. The van der Waals surface area contributed by atoms with Gasteiger partial charge in [0.15, 0.2) is 0 Å². The number of aromatic nitrogens is 1. The third-order valence-electron chi connectivity index (χ3n) is 5.23. The second-order valence-electron chi connectivity index (χ2n) is 7.31. The van der Waals surface area contributed by atoms with Crippen LogP contribution >= 0.6 is 0 Å². The van der Waals surface area contributed by atoms with Gasteiger partial charge < -0.3 is 15.4 Å². The summed E-state index contributed by atoms with van der Waals surface area (Å²) in [4.78, 5) is 18.9. The zero-order chi connectivity index (χ0) is 17.3. The van der Waals surface area contributed by atoms with Gasteiger partial charge in [0.05, 0.1) is 17.8 Å². The highest BCUT2D eigenvalue weighted by Crippen LogP contribution is 2.38. The highest BCUT2D eigenvalue weighted by molar-refractivity contribution is 5.98. The third kappa shape index (κ3) is 3.72. The molecule has 0 spiro atoms. The van der Waals surface area contributed by atoms with Gasteiger partial charge in [0.1, 0.15) is 5.82 Å². The van der Waals surface area contributed by atoms with Gasteiger partial charge in [0.25, 0.3) is 5.91 Å². The van der Waals surface area contributed by atoms with Gasteiger partial charge in [-0.25, -0.2) is 4.98 Å². The standard InChI is InChI=1S/C19H29N3O2/c1-4-5-6-15-10-22(11-17(24-15)14-7-8-14)19-16(18(20)23)9-12(2)13(3)21-19/h9,14-15,17H,4-8,10-11H2,1-3H3,(H2,20,23)/t15-,17-/m1/s1. The molecule has 24 heavy (non-hydrogen) atoms. The number of pyridine rings is 1. The van der Waals surface area contributed by atoms with Gasteiger partial charge in [-0.15, -0.1) is 0 Å². The number of aryl methyl sites for hydroxylation is 2. The first-order chi connectivity index (χ1) is 11.5. The summed E-state index contributed by atoms with van der Waals surface area (Å²) in [5.74, 6) is 1.00. The molecule has 2 atom stereocenters. The van der Waals surface area contributed by atoms with Crippen LogP contribution in [0.15, 0.2) is 6.07 Å². The van der Waals surface area contributed by atoms with E-state index in [4.69, 9.17) is 15.5 Å². The molecule has 2 heterocycles. The normalized spacial score (nSPS) is 24.2. The number of unbranched alkanes of at least 4 members (excludes halogenated alkanes) is 1. The van der Waals surface area contributed by atoms with Crippen molar-refractivity contribution in [3.8, 4) is 0 Å². The first kappa shape index (κ1) is 17.2. The summed E-state index contributed by atoms with van der Waals surface area (Å²) < 4.78 is 6.33. The van der Waals surface area contributed by atoms with Crippen molar-refractivity contribution in [1.29, 1.82) is 0 Å². The molecule has 2 N–H and O–H groups in total. The lowest BCUT2D eigenvalue weighted by molar-refractivity contribution is -0.0412. The summed E-state index contributed by atoms with van der Waals surface area (Å²) >= 11 is 0. The lowest BCUT2D eigenvalue weighted by Crippen LogP contribution is -2.49. The van der Waals surface area contributed by atoms with Crippen LogP contribution in [0.1, 0.15) is 60.6 Å². The van der Waals surface area contributed by atoms with E-state index in [1.54, 1.807) is 0 Å². The summed E-state index contributed by atoms with van der Waals surface area (Å²) in [6.45, 7) is 7.75. The van der Waals surface area contributed by atoms with Crippen LogP contribution in [0.2, 0.25) is 0 Å². The Bertz CT molecular complexity index is 613. The predicted molar refractivity (Wildman–Crippen MR) is 95.4 cm³/mol. The lowest BCUT2D eigenvalue weighted by Gasteiger charge is -2.40. The number of anilines is 1. The van der Waals surface area contributed by atoms with Crippen molar-refractivity contribution in [3.05, 3.63) is 22.9 Å². The Hall–Kier alpha value is -1.62. The molecule has 2 fully saturated rings. The zero-order valence-corrected chi connectivity index (χ0v) is 15.0. The molecular weight excluding hydrogens is 302 g/mol. The van der Waals surface area contributed by atoms with E-state index in [0.717, 1.165) is 36.6 Å². The molecule has 0 bridgehead atoms. The fraction of sp³-hybridized carbons (Fsp3) is 0.684. The summed E-state index contributed by atoms with van der Waals surface area (Å²) in [7, 11) is 0. The Kier molecular flexibility index (Phi) is 5.09. The number of carbonyl (C=O) groups excluding carboxylic acids is 1. The molecule has 1 saturated heterocycles. The predicted octanol–water partition coefficient (Wildman–Crippen LogP) is 2.97. The average molecular weight is 331 g/mol. The number of morpholine rings is 1. The molecule has 1 amide bonds.